The molecule has 23 heavy (non-hydrogen) atoms. The normalized spacial score (nSPS) is 9.91. The van der Waals surface area contributed by atoms with E-state index in [1.54, 1.807) is 42.5 Å². The number of carbonyl (C=O) groups excluding carboxylic acids is 1. The van der Waals surface area contributed by atoms with Crippen LogP contribution in [0.2, 0.25) is 5.02 Å². The Balaban J connectivity index is 1.83. The first-order chi connectivity index (χ1) is 11.2. The minimum absolute atomic E-state index is 0.138. The van der Waals surface area contributed by atoms with Crippen molar-refractivity contribution in [1.82, 2.24) is 0 Å². The second-order valence-electron chi connectivity index (χ2n) is 4.38. The molecule has 2 aromatic rings. The summed E-state index contributed by atoms with van der Waals surface area (Å²) >= 11 is 7.09. The minimum atomic E-state index is -0.425. The summed E-state index contributed by atoms with van der Waals surface area (Å²) in [4.78, 5) is 12.8. The smallest absolute Gasteiger partial charge is 0.339 e. The number of carbonyl (C=O) groups is 1. The predicted octanol–water partition coefficient (Wildman–Crippen LogP) is 4.19. The third-order valence-electron chi connectivity index (χ3n) is 2.80. The highest BCUT2D eigenvalue weighted by molar-refractivity contribution is 7.99. The zero-order valence-electron chi connectivity index (χ0n) is 12.2. The van der Waals surface area contributed by atoms with Gasteiger partial charge in [0.25, 0.3) is 0 Å². The number of nitrogens with zero attached hydrogens (tertiary/aromatic N) is 1. The van der Waals surface area contributed by atoms with Gasteiger partial charge in [0.05, 0.1) is 17.4 Å². The molecule has 6 heteroatoms. The van der Waals surface area contributed by atoms with Gasteiger partial charge >= 0.3 is 5.97 Å². The highest BCUT2D eigenvalue weighted by Crippen LogP contribution is 2.23. The molecule has 0 saturated heterocycles. The predicted molar refractivity (Wildman–Crippen MR) is 90.0 cm³/mol. The number of esters is 1. The number of halogens is 1. The van der Waals surface area contributed by atoms with Crippen LogP contribution < -0.4 is 4.74 Å². The molecule has 0 aliphatic rings. The van der Waals surface area contributed by atoms with Gasteiger partial charge in [-0.15, -0.1) is 11.8 Å². The van der Waals surface area contributed by atoms with Crippen molar-refractivity contribution in [3.05, 3.63) is 59.1 Å². The van der Waals surface area contributed by atoms with Crippen molar-refractivity contribution in [3.63, 3.8) is 0 Å². The summed E-state index contributed by atoms with van der Waals surface area (Å²) in [7, 11) is 0. The Morgan fingerprint density at radius 3 is 2.61 bits per heavy atom. The molecule has 0 bridgehead atoms. The second-order valence-corrected chi connectivity index (χ2v) is 5.83. The van der Waals surface area contributed by atoms with Crippen molar-refractivity contribution in [1.29, 1.82) is 5.26 Å². The van der Waals surface area contributed by atoms with E-state index in [1.807, 2.05) is 12.1 Å². The standard InChI is InChI=1S/C17H14ClNO3S/c18-13-5-7-14(8-6-13)21-10-11-22-17(20)15-3-1-2-4-16(15)23-12-9-19/h1-8H,10-12H2. The van der Waals surface area contributed by atoms with E-state index in [0.29, 0.717) is 16.3 Å². The van der Waals surface area contributed by atoms with Crippen LogP contribution in [0.1, 0.15) is 10.4 Å². The van der Waals surface area contributed by atoms with Crippen LogP contribution in [-0.2, 0) is 4.74 Å². The summed E-state index contributed by atoms with van der Waals surface area (Å²) in [5.74, 6) is 0.519. The Morgan fingerprint density at radius 2 is 1.87 bits per heavy atom. The monoisotopic (exact) mass is 347 g/mol. The topological polar surface area (TPSA) is 59.3 Å². The van der Waals surface area contributed by atoms with E-state index in [1.165, 1.54) is 11.8 Å². The van der Waals surface area contributed by atoms with Gasteiger partial charge in [0.2, 0.25) is 0 Å². The summed E-state index contributed by atoms with van der Waals surface area (Å²) in [6, 6.07) is 16.0. The van der Waals surface area contributed by atoms with Crippen LogP contribution >= 0.6 is 23.4 Å². The fourth-order valence-electron chi connectivity index (χ4n) is 1.77. The van der Waals surface area contributed by atoms with Crippen molar-refractivity contribution in [3.8, 4) is 11.8 Å². The number of thioether (sulfide) groups is 1. The molecule has 118 valence electrons. The zero-order chi connectivity index (χ0) is 16.5. The average Bonchev–Trinajstić information content (AvgIpc) is 2.58. The van der Waals surface area contributed by atoms with Crippen LogP contribution in [0.5, 0.6) is 5.75 Å². The molecule has 0 aliphatic carbocycles. The lowest BCUT2D eigenvalue weighted by Crippen LogP contribution is -2.13. The van der Waals surface area contributed by atoms with E-state index in [4.69, 9.17) is 26.3 Å². The third kappa shape index (κ3) is 5.51. The molecular formula is C17H14ClNO3S. The molecule has 0 saturated carbocycles. The van der Waals surface area contributed by atoms with Gasteiger partial charge in [-0.2, -0.15) is 5.26 Å². The lowest BCUT2D eigenvalue weighted by atomic mass is 10.2. The lowest BCUT2D eigenvalue weighted by molar-refractivity contribution is 0.0446. The molecule has 0 fully saturated rings. The van der Waals surface area contributed by atoms with Crippen LogP contribution in [0, 0.1) is 11.3 Å². The molecule has 0 radical (unpaired) electrons. The Hall–Kier alpha value is -2.16. The largest absolute Gasteiger partial charge is 0.490 e. The Labute approximate surface area is 144 Å². The van der Waals surface area contributed by atoms with Gasteiger partial charge in [-0.3, -0.25) is 0 Å². The fourth-order valence-corrected chi connectivity index (χ4v) is 2.60. The number of ether oxygens (including phenoxy) is 2. The molecule has 0 amide bonds. The molecule has 0 aromatic heterocycles. The Morgan fingerprint density at radius 1 is 1.13 bits per heavy atom. The van der Waals surface area contributed by atoms with Crippen molar-refractivity contribution in [2.45, 2.75) is 4.90 Å². The maximum atomic E-state index is 12.1. The molecule has 0 aliphatic heterocycles. The van der Waals surface area contributed by atoms with E-state index >= 15 is 0 Å². The van der Waals surface area contributed by atoms with E-state index in [2.05, 4.69) is 0 Å². The van der Waals surface area contributed by atoms with Gasteiger partial charge in [0.1, 0.15) is 19.0 Å². The van der Waals surface area contributed by atoms with Gasteiger partial charge in [-0.25, -0.2) is 4.79 Å². The van der Waals surface area contributed by atoms with Crippen molar-refractivity contribution >= 4 is 29.3 Å². The van der Waals surface area contributed by atoms with Crippen molar-refractivity contribution in [2.75, 3.05) is 19.0 Å². The number of rotatable bonds is 7. The maximum absolute atomic E-state index is 12.1. The van der Waals surface area contributed by atoms with Crippen LogP contribution in [0.15, 0.2) is 53.4 Å². The molecule has 0 unspecified atom stereocenters. The first-order valence-corrected chi connectivity index (χ1v) is 8.21. The number of benzene rings is 2. The highest BCUT2D eigenvalue weighted by Gasteiger charge is 2.12. The maximum Gasteiger partial charge on any atom is 0.339 e. The van der Waals surface area contributed by atoms with Crippen LogP contribution in [0.4, 0.5) is 0 Å². The average molecular weight is 348 g/mol. The molecule has 4 nitrogen and oxygen atoms in total. The summed E-state index contributed by atoms with van der Waals surface area (Å²) in [5.41, 5.74) is 0.458. The molecule has 0 spiro atoms. The van der Waals surface area contributed by atoms with Gasteiger partial charge in [-0.05, 0) is 36.4 Å². The molecule has 0 N–H and O–H groups in total. The Kier molecular flexibility index (Phi) is 6.79. The lowest BCUT2D eigenvalue weighted by Gasteiger charge is -2.09. The van der Waals surface area contributed by atoms with Crippen molar-refractivity contribution in [2.24, 2.45) is 0 Å². The van der Waals surface area contributed by atoms with E-state index in [9.17, 15) is 4.79 Å². The molecule has 2 rings (SSSR count). The van der Waals surface area contributed by atoms with E-state index in [0.717, 1.165) is 4.90 Å². The quantitative estimate of drug-likeness (QED) is 0.427. The Bertz CT molecular complexity index is 698. The minimum Gasteiger partial charge on any atom is -0.490 e. The second kappa shape index (κ2) is 9.09. The van der Waals surface area contributed by atoms with Crippen molar-refractivity contribution < 1.29 is 14.3 Å². The number of hydrogen-bond donors (Lipinski definition) is 0. The molecule has 0 heterocycles. The third-order valence-corrected chi connectivity index (χ3v) is 3.99. The summed E-state index contributed by atoms with van der Waals surface area (Å²) in [6.07, 6.45) is 0. The molecular weight excluding hydrogens is 334 g/mol. The van der Waals surface area contributed by atoms with Crippen LogP contribution in [-0.4, -0.2) is 24.9 Å². The molecule has 2 aromatic carbocycles. The zero-order valence-corrected chi connectivity index (χ0v) is 13.8. The number of hydrogen-bond acceptors (Lipinski definition) is 5. The van der Waals surface area contributed by atoms with E-state index in [-0.39, 0.29) is 19.0 Å². The summed E-state index contributed by atoms with van der Waals surface area (Å²) in [5, 5.41) is 9.28. The highest BCUT2D eigenvalue weighted by atomic mass is 35.5. The van der Waals surface area contributed by atoms with E-state index < -0.39 is 5.97 Å². The molecule has 0 atom stereocenters. The van der Waals surface area contributed by atoms with Gasteiger partial charge in [-0.1, -0.05) is 23.7 Å². The van der Waals surface area contributed by atoms with Crippen LogP contribution in [0.25, 0.3) is 0 Å². The SMILES string of the molecule is N#CCSc1ccccc1C(=O)OCCOc1ccc(Cl)cc1. The fraction of sp³-hybridized carbons (Fsp3) is 0.176. The van der Waals surface area contributed by atoms with Gasteiger partial charge < -0.3 is 9.47 Å². The summed E-state index contributed by atoms with van der Waals surface area (Å²) in [6.45, 7) is 0.388. The summed E-state index contributed by atoms with van der Waals surface area (Å²) < 4.78 is 10.7. The van der Waals surface area contributed by atoms with Crippen LogP contribution in [0.3, 0.4) is 0 Å². The number of nitriles is 1. The first-order valence-electron chi connectivity index (χ1n) is 6.85. The van der Waals surface area contributed by atoms with Gasteiger partial charge in [0.15, 0.2) is 0 Å². The van der Waals surface area contributed by atoms with Gasteiger partial charge in [0, 0.05) is 9.92 Å². The first kappa shape index (κ1) is 17.2.